The predicted octanol–water partition coefficient (Wildman–Crippen LogP) is 4.33. The fourth-order valence-electron chi connectivity index (χ4n) is 2.10. The van der Waals surface area contributed by atoms with E-state index in [4.69, 9.17) is 10.2 Å². The minimum Gasteiger partial charge on any atom is -0.481 e. The lowest BCUT2D eigenvalue weighted by atomic mass is 9.96. The Balaban J connectivity index is 0. The van der Waals surface area contributed by atoms with Crippen molar-refractivity contribution in [3.05, 3.63) is 0 Å². The Labute approximate surface area is 141 Å². The van der Waals surface area contributed by atoms with E-state index in [1.165, 1.54) is 19.3 Å². The maximum absolute atomic E-state index is 10.4. The average Bonchev–Trinajstić information content (AvgIpc) is 2.48. The van der Waals surface area contributed by atoms with Crippen LogP contribution in [0.5, 0.6) is 0 Å². The molecule has 5 nitrogen and oxygen atoms in total. The van der Waals surface area contributed by atoms with Gasteiger partial charge in [-0.25, -0.2) is 0 Å². The van der Waals surface area contributed by atoms with Gasteiger partial charge in [0.1, 0.15) is 0 Å². The highest BCUT2D eigenvalue weighted by molar-refractivity contribution is 5.69. The summed E-state index contributed by atoms with van der Waals surface area (Å²) in [6.45, 7) is 7.90. The van der Waals surface area contributed by atoms with Gasteiger partial charge in [-0.2, -0.15) is 0 Å². The number of rotatable bonds is 12. The van der Waals surface area contributed by atoms with Gasteiger partial charge in [0.05, 0.1) is 18.4 Å². The molecule has 0 aliphatic heterocycles. The largest absolute Gasteiger partial charge is 0.481 e. The molecule has 0 aromatic carbocycles. The summed E-state index contributed by atoms with van der Waals surface area (Å²) in [7, 11) is 0. The summed E-state index contributed by atoms with van der Waals surface area (Å²) >= 11 is 0. The van der Waals surface area contributed by atoms with Gasteiger partial charge in [-0.15, -0.1) is 0 Å². The van der Waals surface area contributed by atoms with Crippen LogP contribution in [0, 0.1) is 11.8 Å². The van der Waals surface area contributed by atoms with E-state index < -0.39 is 18.0 Å². The molecule has 3 unspecified atom stereocenters. The predicted molar refractivity (Wildman–Crippen MR) is 92.5 cm³/mol. The molecule has 0 heterocycles. The molecule has 138 valence electrons. The molecule has 0 fully saturated rings. The molecule has 0 amide bonds. The summed E-state index contributed by atoms with van der Waals surface area (Å²) in [4.78, 5) is 20.6. The summed E-state index contributed by atoms with van der Waals surface area (Å²) in [5.41, 5.74) is 0. The van der Waals surface area contributed by atoms with Gasteiger partial charge in [-0.3, -0.25) is 9.59 Å². The van der Waals surface area contributed by atoms with Gasteiger partial charge in [-0.05, 0) is 18.8 Å². The first-order valence-corrected chi connectivity index (χ1v) is 8.88. The van der Waals surface area contributed by atoms with E-state index in [1.807, 2.05) is 6.92 Å². The fourth-order valence-corrected chi connectivity index (χ4v) is 2.10. The number of carboxylic acids is 2. The van der Waals surface area contributed by atoms with Crippen molar-refractivity contribution in [3.63, 3.8) is 0 Å². The second-order valence-electron chi connectivity index (χ2n) is 6.37. The minimum atomic E-state index is -0.925. The van der Waals surface area contributed by atoms with E-state index in [1.54, 1.807) is 6.92 Å². The van der Waals surface area contributed by atoms with Crippen molar-refractivity contribution in [3.8, 4) is 0 Å². The molecule has 0 aromatic heterocycles. The zero-order valence-electron chi connectivity index (χ0n) is 15.3. The molecule has 0 saturated carbocycles. The van der Waals surface area contributed by atoms with E-state index in [2.05, 4.69) is 13.8 Å². The van der Waals surface area contributed by atoms with Gasteiger partial charge >= 0.3 is 11.9 Å². The van der Waals surface area contributed by atoms with Gasteiger partial charge in [-0.1, -0.05) is 66.2 Å². The minimum absolute atomic E-state index is 0.0982. The fraction of sp³-hybridized carbons (Fsp3) is 0.889. The molecule has 0 bridgehead atoms. The van der Waals surface area contributed by atoms with Gasteiger partial charge in [0.25, 0.3) is 0 Å². The molecule has 0 saturated heterocycles. The molecule has 5 heteroatoms. The van der Waals surface area contributed by atoms with Crippen molar-refractivity contribution < 1.29 is 24.9 Å². The molecular formula is C18H36O5. The standard InChI is InChI=1S/C9H18O3.C9H18O2/c1-3-4-5-7(2)8(10)6-9(11)12;1-3-4-5-6-7-8(2)9(10)11/h7-8,10H,3-6H2,1-2H3,(H,11,12);8H,3-7H2,1-2H3,(H,10,11). The Morgan fingerprint density at radius 1 is 0.870 bits per heavy atom. The smallest absolute Gasteiger partial charge is 0.306 e. The molecule has 0 aromatic rings. The summed E-state index contributed by atoms with van der Waals surface area (Å²) in [5.74, 6) is -1.65. The zero-order valence-corrected chi connectivity index (χ0v) is 15.3. The highest BCUT2D eigenvalue weighted by Gasteiger charge is 2.16. The third-order valence-corrected chi connectivity index (χ3v) is 3.97. The number of hydrogen-bond acceptors (Lipinski definition) is 3. The van der Waals surface area contributed by atoms with Crippen LogP contribution >= 0.6 is 0 Å². The number of aliphatic hydroxyl groups excluding tert-OH is 1. The van der Waals surface area contributed by atoms with Crippen LogP contribution < -0.4 is 0 Å². The monoisotopic (exact) mass is 332 g/mol. The molecule has 3 atom stereocenters. The summed E-state index contributed by atoms with van der Waals surface area (Å²) in [5, 5.41) is 26.3. The molecule has 0 radical (unpaired) electrons. The summed E-state index contributed by atoms with van der Waals surface area (Å²) < 4.78 is 0. The van der Waals surface area contributed by atoms with Gasteiger partial charge < -0.3 is 15.3 Å². The first-order chi connectivity index (χ1) is 10.8. The van der Waals surface area contributed by atoms with Gasteiger partial charge in [0.15, 0.2) is 0 Å². The van der Waals surface area contributed by atoms with E-state index in [-0.39, 0.29) is 18.3 Å². The maximum atomic E-state index is 10.4. The third-order valence-electron chi connectivity index (χ3n) is 3.97. The molecule has 3 N–H and O–H groups in total. The lowest BCUT2D eigenvalue weighted by Crippen LogP contribution is -2.21. The van der Waals surface area contributed by atoms with Crippen LogP contribution in [0.3, 0.4) is 0 Å². The molecule has 23 heavy (non-hydrogen) atoms. The Morgan fingerprint density at radius 2 is 1.43 bits per heavy atom. The lowest BCUT2D eigenvalue weighted by molar-refractivity contribution is -0.141. The number of aliphatic carboxylic acids is 2. The Hall–Kier alpha value is -1.10. The SMILES string of the molecule is CCCCC(C)C(O)CC(=O)O.CCCCCCC(C)C(=O)O. The Kier molecular flexibility index (Phi) is 16.6. The highest BCUT2D eigenvalue weighted by atomic mass is 16.4. The van der Waals surface area contributed by atoms with Gasteiger partial charge in [0, 0.05) is 0 Å². The zero-order chi connectivity index (χ0) is 18.3. The third kappa shape index (κ3) is 17.1. The van der Waals surface area contributed by atoms with E-state index in [0.717, 1.165) is 32.1 Å². The topological polar surface area (TPSA) is 94.8 Å². The van der Waals surface area contributed by atoms with Crippen LogP contribution in [-0.2, 0) is 9.59 Å². The molecule has 0 aliphatic rings. The van der Waals surface area contributed by atoms with Crippen molar-refractivity contribution in [1.29, 1.82) is 0 Å². The first-order valence-electron chi connectivity index (χ1n) is 8.88. The number of unbranched alkanes of at least 4 members (excludes halogenated alkanes) is 4. The van der Waals surface area contributed by atoms with Crippen molar-refractivity contribution >= 4 is 11.9 Å². The van der Waals surface area contributed by atoms with Crippen LogP contribution in [-0.4, -0.2) is 33.4 Å². The van der Waals surface area contributed by atoms with Crippen molar-refractivity contribution in [2.24, 2.45) is 11.8 Å². The van der Waals surface area contributed by atoms with Crippen LogP contribution in [0.4, 0.5) is 0 Å². The Morgan fingerprint density at radius 3 is 1.87 bits per heavy atom. The highest BCUT2D eigenvalue weighted by Crippen LogP contribution is 2.14. The first kappa shape index (κ1) is 24.2. The molecule has 0 aliphatic carbocycles. The number of aliphatic hydroxyl groups is 1. The Bertz CT molecular complexity index is 304. The van der Waals surface area contributed by atoms with Crippen LogP contribution in [0.1, 0.15) is 85.5 Å². The number of carbonyl (C=O) groups is 2. The van der Waals surface area contributed by atoms with Crippen LogP contribution in [0.25, 0.3) is 0 Å². The normalized spacial score (nSPS) is 14.3. The molecule has 0 rings (SSSR count). The van der Waals surface area contributed by atoms with E-state index in [9.17, 15) is 14.7 Å². The van der Waals surface area contributed by atoms with Crippen molar-refractivity contribution in [2.75, 3.05) is 0 Å². The van der Waals surface area contributed by atoms with Crippen molar-refractivity contribution in [2.45, 2.75) is 91.6 Å². The lowest BCUT2D eigenvalue weighted by Gasteiger charge is -2.16. The van der Waals surface area contributed by atoms with E-state index in [0.29, 0.717) is 0 Å². The molecular weight excluding hydrogens is 296 g/mol. The number of carboxylic acid groups (broad SMARTS) is 2. The second kappa shape index (κ2) is 15.8. The summed E-state index contributed by atoms with van der Waals surface area (Å²) in [6.07, 6.45) is 7.73. The van der Waals surface area contributed by atoms with Gasteiger partial charge in [0.2, 0.25) is 0 Å². The van der Waals surface area contributed by atoms with Crippen LogP contribution in [0.15, 0.2) is 0 Å². The second-order valence-corrected chi connectivity index (χ2v) is 6.37. The molecule has 0 spiro atoms. The van der Waals surface area contributed by atoms with Crippen molar-refractivity contribution in [1.82, 2.24) is 0 Å². The maximum Gasteiger partial charge on any atom is 0.306 e. The van der Waals surface area contributed by atoms with Crippen LogP contribution in [0.2, 0.25) is 0 Å². The summed E-state index contributed by atoms with van der Waals surface area (Å²) in [6, 6.07) is 0. The van der Waals surface area contributed by atoms with E-state index >= 15 is 0 Å². The number of hydrogen-bond donors (Lipinski definition) is 3. The quantitative estimate of drug-likeness (QED) is 0.462. The average molecular weight is 332 g/mol.